The lowest BCUT2D eigenvalue weighted by Crippen LogP contribution is -2.11. The molecule has 0 saturated carbocycles. The molecule has 0 aliphatic rings. The fourth-order valence-electron chi connectivity index (χ4n) is 3.15. The van der Waals surface area contributed by atoms with Gasteiger partial charge in [0.2, 0.25) is 0 Å². The standard InChI is InChI=1S/C23H23Cl2N/c1-23(2,3)18-8-6-16(7-9-18)13-21(17-5-4-12-26-15-17)20-11-10-19(24)14-22(20)25/h4-12,14-15,21H,13H2,1-3H3. The van der Waals surface area contributed by atoms with Crippen LogP contribution in [-0.2, 0) is 11.8 Å². The van der Waals surface area contributed by atoms with Gasteiger partial charge in [-0.05, 0) is 52.3 Å². The molecule has 1 aromatic heterocycles. The van der Waals surface area contributed by atoms with Gasteiger partial charge in [0, 0.05) is 28.4 Å². The highest BCUT2D eigenvalue weighted by molar-refractivity contribution is 6.35. The molecule has 2 aromatic carbocycles. The second-order valence-electron chi connectivity index (χ2n) is 7.66. The molecule has 0 aliphatic carbocycles. The van der Waals surface area contributed by atoms with Crippen LogP contribution >= 0.6 is 23.2 Å². The van der Waals surface area contributed by atoms with Crippen molar-refractivity contribution in [1.29, 1.82) is 0 Å². The first kappa shape index (κ1) is 18.9. The number of halogens is 2. The first-order valence-corrected chi connectivity index (χ1v) is 9.54. The Kier molecular flexibility index (Phi) is 5.70. The van der Waals surface area contributed by atoms with Crippen LogP contribution in [0.2, 0.25) is 10.0 Å². The van der Waals surface area contributed by atoms with Crippen LogP contribution < -0.4 is 0 Å². The first-order valence-electron chi connectivity index (χ1n) is 8.79. The van der Waals surface area contributed by atoms with Crippen LogP contribution in [-0.4, -0.2) is 4.98 Å². The normalized spacial score (nSPS) is 12.8. The highest BCUT2D eigenvalue weighted by Crippen LogP contribution is 2.34. The van der Waals surface area contributed by atoms with E-state index in [-0.39, 0.29) is 11.3 Å². The Morgan fingerprint density at radius 3 is 2.27 bits per heavy atom. The van der Waals surface area contributed by atoms with Crippen LogP contribution in [0.5, 0.6) is 0 Å². The molecule has 0 saturated heterocycles. The maximum Gasteiger partial charge on any atom is 0.0459 e. The predicted octanol–water partition coefficient (Wildman–Crippen LogP) is 7.06. The fraction of sp³-hybridized carbons (Fsp3) is 0.261. The average molecular weight is 384 g/mol. The van der Waals surface area contributed by atoms with E-state index in [1.165, 1.54) is 11.1 Å². The lowest BCUT2D eigenvalue weighted by atomic mass is 9.84. The van der Waals surface area contributed by atoms with Crippen molar-refractivity contribution in [2.45, 2.75) is 38.5 Å². The summed E-state index contributed by atoms with van der Waals surface area (Å²) in [7, 11) is 0. The molecule has 0 aliphatic heterocycles. The molecule has 0 fully saturated rings. The third-order valence-corrected chi connectivity index (χ3v) is 5.25. The molecule has 0 bridgehead atoms. The zero-order valence-electron chi connectivity index (χ0n) is 15.3. The molecule has 0 amide bonds. The highest BCUT2D eigenvalue weighted by atomic mass is 35.5. The largest absolute Gasteiger partial charge is 0.264 e. The van der Waals surface area contributed by atoms with Crippen molar-refractivity contribution in [3.8, 4) is 0 Å². The molecule has 3 aromatic rings. The van der Waals surface area contributed by atoms with Crippen LogP contribution in [0.25, 0.3) is 0 Å². The number of pyridine rings is 1. The van der Waals surface area contributed by atoms with Crippen LogP contribution in [0.3, 0.4) is 0 Å². The monoisotopic (exact) mass is 383 g/mol. The van der Waals surface area contributed by atoms with Gasteiger partial charge >= 0.3 is 0 Å². The maximum atomic E-state index is 6.52. The van der Waals surface area contributed by atoms with Gasteiger partial charge in [-0.3, -0.25) is 4.98 Å². The summed E-state index contributed by atoms with van der Waals surface area (Å²) < 4.78 is 0. The van der Waals surface area contributed by atoms with E-state index in [1.807, 2.05) is 30.5 Å². The van der Waals surface area contributed by atoms with Crippen molar-refractivity contribution in [1.82, 2.24) is 4.98 Å². The van der Waals surface area contributed by atoms with Crippen LogP contribution in [0.1, 0.15) is 48.9 Å². The Morgan fingerprint density at radius 1 is 0.962 bits per heavy atom. The van der Waals surface area contributed by atoms with Crippen molar-refractivity contribution >= 4 is 23.2 Å². The van der Waals surface area contributed by atoms with Crippen LogP contribution in [0, 0.1) is 0 Å². The number of benzene rings is 2. The number of nitrogens with zero attached hydrogens (tertiary/aromatic N) is 1. The van der Waals surface area contributed by atoms with E-state index in [2.05, 4.69) is 56.1 Å². The smallest absolute Gasteiger partial charge is 0.0459 e. The Hall–Kier alpha value is -1.83. The molecule has 1 atom stereocenters. The van der Waals surface area contributed by atoms with Gasteiger partial charge in [0.25, 0.3) is 0 Å². The lowest BCUT2D eigenvalue weighted by Gasteiger charge is -2.21. The summed E-state index contributed by atoms with van der Waals surface area (Å²) in [5, 5.41) is 1.34. The zero-order valence-corrected chi connectivity index (χ0v) is 16.9. The number of hydrogen-bond acceptors (Lipinski definition) is 1. The minimum Gasteiger partial charge on any atom is -0.264 e. The number of rotatable bonds is 4. The van der Waals surface area contributed by atoms with Crippen LogP contribution in [0.15, 0.2) is 67.0 Å². The third-order valence-electron chi connectivity index (χ3n) is 4.68. The molecule has 3 rings (SSSR count). The fourth-order valence-corrected chi connectivity index (χ4v) is 3.69. The summed E-state index contributed by atoms with van der Waals surface area (Å²) in [4.78, 5) is 4.30. The summed E-state index contributed by atoms with van der Waals surface area (Å²) >= 11 is 12.6. The maximum absolute atomic E-state index is 6.52. The Morgan fingerprint density at radius 2 is 1.69 bits per heavy atom. The Balaban J connectivity index is 1.97. The van der Waals surface area contributed by atoms with Crippen molar-refractivity contribution in [2.24, 2.45) is 0 Å². The van der Waals surface area contributed by atoms with Gasteiger partial charge in [0.1, 0.15) is 0 Å². The highest BCUT2D eigenvalue weighted by Gasteiger charge is 2.19. The summed E-state index contributed by atoms with van der Waals surface area (Å²) in [6.45, 7) is 6.69. The molecule has 26 heavy (non-hydrogen) atoms. The minimum atomic E-state index is 0.133. The third kappa shape index (κ3) is 4.47. The molecule has 1 nitrogen and oxygen atoms in total. The molecule has 134 valence electrons. The Labute approximate surface area is 166 Å². The SMILES string of the molecule is CC(C)(C)c1ccc(CC(c2cccnc2)c2ccc(Cl)cc2Cl)cc1. The van der Waals surface area contributed by atoms with Gasteiger partial charge in [-0.1, -0.05) is 80.4 Å². The van der Waals surface area contributed by atoms with Gasteiger partial charge in [-0.15, -0.1) is 0 Å². The number of hydrogen-bond donors (Lipinski definition) is 0. The van der Waals surface area contributed by atoms with Crippen molar-refractivity contribution in [2.75, 3.05) is 0 Å². The van der Waals surface area contributed by atoms with E-state index in [1.54, 1.807) is 6.20 Å². The van der Waals surface area contributed by atoms with E-state index in [4.69, 9.17) is 23.2 Å². The van der Waals surface area contributed by atoms with Gasteiger partial charge in [0.15, 0.2) is 0 Å². The van der Waals surface area contributed by atoms with Crippen molar-refractivity contribution in [3.05, 3.63) is 99.3 Å². The molecule has 1 unspecified atom stereocenters. The molecule has 1 heterocycles. The predicted molar refractivity (Wildman–Crippen MR) is 111 cm³/mol. The molecule has 0 radical (unpaired) electrons. The van der Waals surface area contributed by atoms with Gasteiger partial charge in [0.05, 0.1) is 0 Å². The Bertz CT molecular complexity index is 865. The zero-order chi connectivity index (χ0) is 18.7. The summed E-state index contributed by atoms with van der Waals surface area (Å²) in [6.07, 6.45) is 4.57. The van der Waals surface area contributed by atoms with E-state index < -0.39 is 0 Å². The van der Waals surface area contributed by atoms with E-state index in [9.17, 15) is 0 Å². The molecule has 0 N–H and O–H groups in total. The van der Waals surface area contributed by atoms with Crippen LogP contribution in [0.4, 0.5) is 0 Å². The summed E-state index contributed by atoms with van der Waals surface area (Å²) in [5.41, 5.74) is 4.99. The molecule has 3 heteroatoms. The average Bonchev–Trinajstić information content (AvgIpc) is 2.61. The minimum absolute atomic E-state index is 0.133. The van der Waals surface area contributed by atoms with Crippen molar-refractivity contribution in [3.63, 3.8) is 0 Å². The second kappa shape index (κ2) is 7.82. The van der Waals surface area contributed by atoms with Gasteiger partial charge < -0.3 is 0 Å². The molecular formula is C23H23Cl2N. The van der Waals surface area contributed by atoms with Crippen molar-refractivity contribution < 1.29 is 0 Å². The quantitative estimate of drug-likeness (QED) is 0.469. The molecule has 0 spiro atoms. The summed E-state index contributed by atoms with van der Waals surface area (Å²) in [6, 6.07) is 18.7. The summed E-state index contributed by atoms with van der Waals surface area (Å²) in [5.74, 6) is 0.133. The second-order valence-corrected chi connectivity index (χ2v) is 8.50. The molecular weight excluding hydrogens is 361 g/mol. The van der Waals surface area contributed by atoms with E-state index in [0.29, 0.717) is 10.0 Å². The van der Waals surface area contributed by atoms with E-state index in [0.717, 1.165) is 17.5 Å². The van der Waals surface area contributed by atoms with Gasteiger partial charge in [-0.2, -0.15) is 0 Å². The topological polar surface area (TPSA) is 12.9 Å². The number of aromatic nitrogens is 1. The van der Waals surface area contributed by atoms with E-state index >= 15 is 0 Å². The first-order chi connectivity index (χ1) is 12.3. The van der Waals surface area contributed by atoms with Gasteiger partial charge in [-0.25, -0.2) is 0 Å². The lowest BCUT2D eigenvalue weighted by molar-refractivity contribution is 0.590.